The van der Waals surface area contributed by atoms with Gasteiger partial charge >= 0.3 is 0 Å². The molecule has 2 aromatic rings. The summed E-state index contributed by atoms with van der Waals surface area (Å²) in [6.45, 7) is 2.76. The highest BCUT2D eigenvalue weighted by molar-refractivity contribution is 6.31. The Kier molecular flexibility index (Phi) is 4.54. The van der Waals surface area contributed by atoms with Crippen molar-refractivity contribution in [3.63, 3.8) is 0 Å². The lowest BCUT2D eigenvalue weighted by Crippen LogP contribution is -2.15. The number of halogens is 1. The Balaban J connectivity index is 1.96. The number of rotatable bonds is 5. The molecule has 1 heterocycles. The van der Waals surface area contributed by atoms with Crippen molar-refractivity contribution in [2.45, 2.75) is 20.0 Å². The molecule has 1 aromatic carbocycles. The van der Waals surface area contributed by atoms with E-state index in [1.54, 1.807) is 19.1 Å². The van der Waals surface area contributed by atoms with E-state index in [1.807, 2.05) is 6.07 Å². The number of amidine groups is 1. The topological polar surface area (TPSA) is 110 Å². The zero-order valence-corrected chi connectivity index (χ0v) is 11.6. The molecule has 0 aliphatic heterocycles. The number of hydrogen-bond donors (Lipinski definition) is 3. The molecule has 8 heteroatoms. The highest BCUT2D eigenvalue weighted by Gasteiger charge is 2.06. The normalized spacial score (nSPS) is 11.8. The van der Waals surface area contributed by atoms with Crippen LogP contribution in [0, 0.1) is 6.92 Å². The molecule has 0 radical (unpaired) electrons. The van der Waals surface area contributed by atoms with Crippen LogP contribution >= 0.6 is 11.6 Å². The first-order valence-corrected chi connectivity index (χ1v) is 6.24. The standard InChI is InChI=1S/C12H14ClN5O2/c1-7-16-11(20-18-7)6-15-5-9-3-2-8(4-10(9)13)12(14)17-19/h2-4,15,19H,5-6H2,1H3,(H2,14,17). The van der Waals surface area contributed by atoms with Gasteiger partial charge in [-0.25, -0.2) is 0 Å². The largest absolute Gasteiger partial charge is 0.409 e. The smallest absolute Gasteiger partial charge is 0.240 e. The van der Waals surface area contributed by atoms with Crippen LogP contribution in [0.25, 0.3) is 0 Å². The van der Waals surface area contributed by atoms with E-state index >= 15 is 0 Å². The summed E-state index contributed by atoms with van der Waals surface area (Å²) in [5.41, 5.74) is 6.94. The minimum Gasteiger partial charge on any atom is -0.409 e. The zero-order valence-electron chi connectivity index (χ0n) is 10.8. The summed E-state index contributed by atoms with van der Waals surface area (Å²) in [5, 5.41) is 18.9. The van der Waals surface area contributed by atoms with Crippen molar-refractivity contribution >= 4 is 17.4 Å². The monoisotopic (exact) mass is 295 g/mol. The maximum absolute atomic E-state index is 8.60. The fraction of sp³-hybridized carbons (Fsp3) is 0.250. The summed E-state index contributed by atoms with van der Waals surface area (Å²) in [7, 11) is 0. The summed E-state index contributed by atoms with van der Waals surface area (Å²) < 4.78 is 4.98. The minimum absolute atomic E-state index is 0.0211. The Morgan fingerprint density at radius 2 is 2.30 bits per heavy atom. The van der Waals surface area contributed by atoms with Crippen molar-refractivity contribution < 1.29 is 9.73 Å². The van der Waals surface area contributed by atoms with Gasteiger partial charge in [-0.3, -0.25) is 0 Å². The zero-order chi connectivity index (χ0) is 14.5. The van der Waals surface area contributed by atoms with Crippen molar-refractivity contribution in [2.24, 2.45) is 10.9 Å². The molecular formula is C12H14ClN5O2. The van der Waals surface area contributed by atoms with Gasteiger partial charge in [-0.05, 0) is 18.6 Å². The highest BCUT2D eigenvalue weighted by atomic mass is 35.5. The highest BCUT2D eigenvalue weighted by Crippen LogP contribution is 2.18. The number of aromatic nitrogens is 2. The third-order valence-corrected chi connectivity index (χ3v) is 2.97. The summed E-state index contributed by atoms with van der Waals surface area (Å²) in [5.74, 6) is 1.14. The lowest BCUT2D eigenvalue weighted by atomic mass is 10.1. The number of aryl methyl sites for hydroxylation is 1. The van der Waals surface area contributed by atoms with Crippen LogP contribution in [0.2, 0.25) is 5.02 Å². The Morgan fingerprint density at radius 3 is 2.90 bits per heavy atom. The van der Waals surface area contributed by atoms with Crippen LogP contribution in [0.15, 0.2) is 27.9 Å². The van der Waals surface area contributed by atoms with Crippen molar-refractivity contribution in [3.05, 3.63) is 46.1 Å². The molecule has 0 aliphatic carbocycles. The maximum Gasteiger partial charge on any atom is 0.240 e. The number of nitrogens with one attached hydrogen (secondary N) is 1. The van der Waals surface area contributed by atoms with Crippen LogP contribution in [-0.4, -0.2) is 21.2 Å². The van der Waals surface area contributed by atoms with Crippen LogP contribution in [0.3, 0.4) is 0 Å². The van der Waals surface area contributed by atoms with E-state index < -0.39 is 0 Å². The lowest BCUT2D eigenvalue weighted by molar-refractivity contribution is 0.318. The summed E-state index contributed by atoms with van der Waals surface area (Å²) in [6, 6.07) is 5.18. The second-order valence-electron chi connectivity index (χ2n) is 4.13. The molecule has 0 fully saturated rings. The van der Waals surface area contributed by atoms with Crippen LogP contribution in [0.1, 0.15) is 22.8 Å². The van der Waals surface area contributed by atoms with Gasteiger partial charge in [-0.1, -0.05) is 34.0 Å². The molecule has 0 bridgehead atoms. The van der Waals surface area contributed by atoms with Gasteiger partial charge in [0.1, 0.15) is 0 Å². The molecule has 0 saturated carbocycles. The Labute approximate surface area is 120 Å². The van der Waals surface area contributed by atoms with E-state index in [4.69, 9.17) is 27.1 Å². The summed E-state index contributed by atoms with van der Waals surface area (Å²) in [6.07, 6.45) is 0. The molecule has 0 aliphatic rings. The van der Waals surface area contributed by atoms with E-state index in [-0.39, 0.29) is 5.84 Å². The van der Waals surface area contributed by atoms with Crippen molar-refractivity contribution in [1.82, 2.24) is 15.5 Å². The van der Waals surface area contributed by atoms with Gasteiger partial charge in [0.05, 0.1) is 6.54 Å². The summed E-state index contributed by atoms with van der Waals surface area (Å²) >= 11 is 6.13. The molecule has 0 unspecified atom stereocenters. The number of nitrogens with zero attached hydrogens (tertiary/aromatic N) is 3. The molecule has 7 nitrogen and oxygen atoms in total. The first-order valence-electron chi connectivity index (χ1n) is 5.86. The molecule has 0 atom stereocenters. The Bertz CT molecular complexity index is 626. The quantitative estimate of drug-likeness (QED) is 0.333. The molecule has 0 spiro atoms. The van der Waals surface area contributed by atoms with Crippen LogP contribution in [-0.2, 0) is 13.1 Å². The van der Waals surface area contributed by atoms with Crippen molar-refractivity contribution in [1.29, 1.82) is 0 Å². The van der Waals surface area contributed by atoms with E-state index in [9.17, 15) is 0 Å². The predicted octanol–water partition coefficient (Wildman–Crippen LogP) is 1.42. The molecule has 20 heavy (non-hydrogen) atoms. The summed E-state index contributed by atoms with van der Waals surface area (Å²) in [4.78, 5) is 4.08. The maximum atomic E-state index is 8.60. The second-order valence-corrected chi connectivity index (χ2v) is 4.54. The third kappa shape index (κ3) is 3.46. The van der Waals surface area contributed by atoms with Gasteiger partial charge in [0.15, 0.2) is 11.7 Å². The fourth-order valence-corrected chi connectivity index (χ4v) is 1.87. The van der Waals surface area contributed by atoms with Gasteiger partial charge in [-0.15, -0.1) is 0 Å². The van der Waals surface area contributed by atoms with E-state index in [2.05, 4.69) is 20.6 Å². The molecule has 4 N–H and O–H groups in total. The van der Waals surface area contributed by atoms with Crippen molar-refractivity contribution in [3.8, 4) is 0 Å². The van der Waals surface area contributed by atoms with Crippen LogP contribution in [0.4, 0.5) is 0 Å². The SMILES string of the molecule is Cc1noc(CNCc2ccc(/C(N)=N/O)cc2Cl)n1. The van der Waals surface area contributed by atoms with Gasteiger partial charge in [0.2, 0.25) is 5.89 Å². The van der Waals surface area contributed by atoms with E-state index in [0.29, 0.717) is 35.4 Å². The third-order valence-electron chi connectivity index (χ3n) is 2.62. The lowest BCUT2D eigenvalue weighted by Gasteiger charge is -2.07. The first kappa shape index (κ1) is 14.3. The van der Waals surface area contributed by atoms with E-state index in [0.717, 1.165) is 5.56 Å². The molecule has 1 aromatic heterocycles. The van der Waals surface area contributed by atoms with Crippen LogP contribution < -0.4 is 11.1 Å². The van der Waals surface area contributed by atoms with Gasteiger partial charge in [0.25, 0.3) is 0 Å². The average molecular weight is 296 g/mol. The fourth-order valence-electron chi connectivity index (χ4n) is 1.62. The molecule has 106 valence electrons. The molecule has 0 saturated heterocycles. The second kappa shape index (κ2) is 6.36. The molecule has 0 amide bonds. The minimum atomic E-state index is 0.0211. The Morgan fingerprint density at radius 1 is 1.50 bits per heavy atom. The molecule has 2 rings (SSSR count). The number of hydrogen-bond acceptors (Lipinski definition) is 6. The number of benzene rings is 1. The molecular weight excluding hydrogens is 282 g/mol. The number of nitrogens with two attached hydrogens (primary N) is 1. The predicted molar refractivity (Wildman–Crippen MR) is 73.5 cm³/mol. The van der Waals surface area contributed by atoms with Gasteiger partial charge < -0.3 is 20.8 Å². The number of oxime groups is 1. The van der Waals surface area contributed by atoms with E-state index in [1.165, 1.54) is 0 Å². The van der Waals surface area contributed by atoms with Gasteiger partial charge in [-0.2, -0.15) is 4.98 Å². The van der Waals surface area contributed by atoms with Crippen molar-refractivity contribution in [2.75, 3.05) is 0 Å². The van der Waals surface area contributed by atoms with Crippen LogP contribution in [0.5, 0.6) is 0 Å². The first-order chi connectivity index (χ1) is 9.60. The van der Waals surface area contributed by atoms with Gasteiger partial charge in [0, 0.05) is 17.1 Å². The average Bonchev–Trinajstić information content (AvgIpc) is 2.85. The Hall–Kier alpha value is -2.12.